The first-order chi connectivity index (χ1) is 26.2. The quantitative estimate of drug-likeness (QED) is 0.136. The van der Waals surface area contributed by atoms with E-state index in [1.807, 2.05) is 60.7 Å². The molecule has 0 bridgehead atoms. The van der Waals surface area contributed by atoms with Crippen molar-refractivity contribution in [2.75, 3.05) is 0 Å². The van der Waals surface area contributed by atoms with Gasteiger partial charge in [0.2, 0.25) is 0 Å². The third kappa shape index (κ3) is 4.35. The van der Waals surface area contributed by atoms with Crippen LogP contribution < -0.4 is 15.9 Å². The number of hydrogen-bond acceptors (Lipinski definition) is 2. The molecule has 4 heteroatoms. The molecule has 10 aromatic rings. The maximum atomic E-state index is 15.7. The summed E-state index contributed by atoms with van der Waals surface area (Å²) in [6.07, 6.45) is 0. The van der Waals surface area contributed by atoms with Gasteiger partial charge >= 0.3 is 0 Å². The van der Waals surface area contributed by atoms with Crippen LogP contribution in [0.4, 0.5) is 0 Å². The summed E-state index contributed by atoms with van der Waals surface area (Å²) in [5.41, 5.74) is 8.39. The van der Waals surface area contributed by atoms with E-state index in [2.05, 4.69) is 132 Å². The molecule has 3 nitrogen and oxygen atoms in total. The average Bonchev–Trinajstić information content (AvgIpc) is 3.62. The number of hydrogen-bond donors (Lipinski definition) is 0. The zero-order chi connectivity index (χ0) is 35.1. The Morgan fingerprint density at radius 2 is 1.08 bits per heavy atom. The van der Waals surface area contributed by atoms with Crippen molar-refractivity contribution < 1.29 is 4.57 Å². The van der Waals surface area contributed by atoms with Crippen molar-refractivity contribution in [3.8, 4) is 39.3 Å². The van der Waals surface area contributed by atoms with Crippen LogP contribution in [0.1, 0.15) is 0 Å². The summed E-state index contributed by atoms with van der Waals surface area (Å²) >= 11 is 0. The summed E-state index contributed by atoms with van der Waals surface area (Å²) in [6.45, 7) is 0. The first-order valence-electron chi connectivity index (χ1n) is 18.0. The molecule has 0 saturated heterocycles. The minimum absolute atomic E-state index is 0.824. The second kappa shape index (κ2) is 11.5. The number of para-hydroxylation sites is 2. The summed E-state index contributed by atoms with van der Waals surface area (Å²) in [5.74, 6) is 0.843. The van der Waals surface area contributed by atoms with Gasteiger partial charge in [-0.25, -0.2) is 4.98 Å². The highest BCUT2D eigenvalue weighted by Gasteiger charge is 2.40. The molecule has 1 aromatic heterocycles. The summed E-state index contributed by atoms with van der Waals surface area (Å²) < 4.78 is 18.0. The molecular formula is C49H31N2OP. The third-order valence-electron chi connectivity index (χ3n) is 11.0. The molecule has 0 saturated carbocycles. The highest BCUT2D eigenvalue weighted by atomic mass is 31.2. The Labute approximate surface area is 306 Å². The maximum Gasteiger partial charge on any atom is 0.175 e. The van der Waals surface area contributed by atoms with Crippen LogP contribution in [0.5, 0.6) is 0 Å². The van der Waals surface area contributed by atoms with Gasteiger partial charge in [-0.2, -0.15) is 0 Å². The van der Waals surface area contributed by atoms with Crippen molar-refractivity contribution in [3.05, 3.63) is 188 Å². The van der Waals surface area contributed by atoms with Gasteiger partial charge in [-0.1, -0.05) is 152 Å². The molecule has 9 aromatic carbocycles. The molecule has 53 heavy (non-hydrogen) atoms. The molecule has 0 radical (unpaired) electrons. The highest BCUT2D eigenvalue weighted by molar-refractivity contribution is 7.86. The van der Waals surface area contributed by atoms with E-state index >= 15 is 4.57 Å². The van der Waals surface area contributed by atoms with E-state index in [1.165, 1.54) is 21.9 Å². The van der Waals surface area contributed by atoms with Crippen LogP contribution in [0, 0.1) is 0 Å². The van der Waals surface area contributed by atoms with Crippen LogP contribution in [0.3, 0.4) is 0 Å². The van der Waals surface area contributed by atoms with Crippen LogP contribution in [0.25, 0.3) is 82.7 Å². The lowest BCUT2D eigenvalue weighted by atomic mass is 9.86. The van der Waals surface area contributed by atoms with Crippen molar-refractivity contribution in [1.29, 1.82) is 0 Å². The molecule has 0 fully saturated rings. The Hall–Kier alpha value is -6.54. The van der Waals surface area contributed by atoms with Crippen molar-refractivity contribution in [2.24, 2.45) is 0 Å². The van der Waals surface area contributed by atoms with Gasteiger partial charge < -0.3 is 4.57 Å². The van der Waals surface area contributed by atoms with E-state index in [4.69, 9.17) is 4.98 Å². The lowest BCUT2D eigenvalue weighted by molar-refractivity contribution is 0.592. The first-order valence-corrected chi connectivity index (χ1v) is 19.7. The Kier molecular flexibility index (Phi) is 6.53. The molecule has 0 amide bonds. The molecule has 0 N–H and O–H groups in total. The monoisotopic (exact) mass is 694 g/mol. The van der Waals surface area contributed by atoms with Gasteiger partial charge in [-0.3, -0.25) is 4.57 Å². The van der Waals surface area contributed by atoms with E-state index in [1.54, 1.807) is 0 Å². The molecule has 1 aliphatic heterocycles. The Morgan fingerprint density at radius 3 is 1.91 bits per heavy atom. The van der Waals surface area contributed by atoms with E-state index in [0.29, 0.717) is 0 Å². The van der Waals surface area contributed by atoms with Crippen LogP contribution in [0.15, 0.2) is 188 Å². The van der Waals surface area contributed by atoms with Crippen molar-refractivity contribution >= 4 is 66.4 Å². The van der Waals surface area contributed by atoms with Gasteiger partial charge in [0.1, 0.15) is 5.82 Å². The third-order valence-corrected chi connectivity index (χ3v) is 14.1. The van der Waals surface area contributed by atoms with Crippen LogP contribution >= 0.6 is 7.14 Å². The lowest BCUT2D eigenvalue weighted by Gasteiger charge is -2.29. The maximum absolute atomic E-state index is 15.7. The van der Waals surface area contributed by atoms with Gasteiger partial charge in [-0.15, -0.1) is 0 Å². The topological polar surface area (TPSA) is 34.9 Å². The summed E-state index contributed by atoms with van der Waals surface area (Å²) in [4.78, 5) is 5.50. The molecule has 1 atom stereocenters. The number of benzene rings is 9. The molecule has 248 valence electrons. The normalized spacial score (nSPS) is 14.9. The molecular weight excluding hydrogens is 664 g/mol. The minimum atomic E-state index is -3.22. The van der Waals surface area contributed by atoms with Gasteiger partial charge in [0.25, 0.3) is 0 Å². The Bertz CT molecular complexity index is 3150. The average molecular weight is 695 g/mol. The number of nitrogens with zero attached hydrogens (tertiary/aromatic N) is 2. The summed E-state index contributed by atoms with van der Waals surface area (Å²) in [6, 6.07) is 65.8. The number of aromatic nitrogens is 2. The molecule has 1 aliphatic rings. The Balaban J connectivity index is 1.30. The van der Waals surface area contributed by atoms with Crippen LogP contribution in [-0.2, 0) is 4.57 Å². The largest absolute Gasteiger partial charge is 0.308 e. The fourth-order valence-corrected chi connectivity index (χ4v) is 11.6. The van der Waals surface area contributed by atoms with Crippen molar-refractivity contribution in [2.45, 2.75) is 0 Å². The fourth-order valence-electron chi connectivity index (χ4n) is 8.62. The van der Waals surface area contributed by atoms with Crippen molar-refractivity contribution in [3.63, 3.8) is 0 Å². The highest BCUT2D eigenvalue weighted by Crippen LogP contribution is 2.52. The Morgan fingerprint density at radius 1 is 0.434 bits per heavy atom. The fraction of sp³-hybridized carbons (Fsp3) is 0. The molecule has 0 spiro atoms. The lowest BCUT2D eigenvalue weighted by Crippen LogP contribution is -2.32. The second-order valence-electron chi connectivity index (χ2n) is 13.8. The summed E-state index contributed by atoms with van der Waals surface area (Å²) in [7, 11) is -3.22. The minimum Gasteiger partial charge on any atom is -0.308 e. The van der Waals surface area contributed by atoms with Crippen molar-refractivity contribution in [1.82, 2.24) is 9.55 Å². The second-order valence-corrected chi connectivity index (χ2v) is 16.5. The number of rotatable bonds is 4. The molecule has 11 rings (SSSR count). The number of imidazole rings is 1. The molecule has 0 aliphatic carbocycles. The first kappa shape index (κ1) is 30.1. The van der Waals surface area contributed by atoms with Gasteiger partial charge in [-0.05, 0) is 91.0 Å². The zero-order valence-corrected chi connectivity index (χ0v) is 29.5. The van der Waals surface area contributed by atoms with Gasteiger partial charge in [0.15, 0.2) is 7.14 Å². The zero-order valence-electron chi connectivity index (χ0n) is 28.6. The van der Waals surface area contributed by atoms with E-state index in [9.17, 15) is 0 Å². The number of fused-ring (bicyclic) bond motifs is 5. The molecule has 1 unspecified atom stereocenters. The van der Waals surface area contributed by atoms with E-state index < -0.39 is 7.14 Å². The predicted molar refractivity (Wildman–Crippen MR) is 223 cm³/mol. The van der Waals surface area contributed by atoms with E-state index in [-0.39, 0.29) is 0 Å². The van der Waals surface area contributed by atoms with Crippen LogP contribution in [-0.4, -0.2) is 9.55 Å². The standard InChI is InChI=1S/C49H31N2OP/c52-53(37-18-5-2-6-19-37)44-24-12-11-23-43(44)51-48-42(22-13-25-45(48)53)50-49(51)47-39-21-10-9-20-38(39)46(36-27-26-33-16-7-8-17-34(33)30-36)40-29-28-35(31-41(40)47)32-14-3-1-4-15-32/h1-31H. The van der Waals surface area contributed by atoms with E-state index in [0.717, 1.165) is 76.7 Å². The molecule has 2 heterocycles. The predicted octanol–water partition coefficient (Wildman–Crippen LogP) is 11.4. The van der Waals surface area contributed by atoms with Gasteiger partial charge in [0.05, 0.1) is 16.7 Å². The smallest absolute Gasteiger partial charge is 0.175 e. The summed E-state index contributed by atoms with van der Waals surface area (Å²) in [5, 5.41) is 9.48. The SMILES string of the molecule is O=P1(c2ccccc2)c2ccccc2-n2c(-c3c4ccccc4c(-c4ccc5ccccc5c4)c4ccc(-c5ccccc5)cc34)nc3cccc1c32. The van der Waals surface area contributed by atoms with Crippen LogP contribution in [0.2, 0.25) is 0 Å². The van der Waals surface area contributed by atoms with Gasteiger partial charge in [0, 0.05) is 21.5 Å².